The van der Waals surface area contributed by atoms with E-state index in [1.807, 2.05) is 35.7 Å². The van der Waals surface area contributed by atoms with Crippen LogP contribution in [0.4, 0.5) is 5.69 Å². The number of nitrogens with zero attached hydrogens (tertiary/aromatic N) is 2. The van der Waals surface area contributed by atoms with Crippen molar-refractivity contribution in [3.8, 4) is 10.6 Å². The van der Waals surface area contributed by atoms with Crippen LogP contribution in [0.25, 0.3) is 21.5 Å². The Morgan fingerprint density at radius 3 is 2.71 bits per heavy atom. The van der Waals surface area contributed by atoms with Crippen molar-refractivity contribution in [3.05, 3.63) is 75.2 Å². The molecule has 0 unspecified atom stereocenters. The Bertz CT molecular complexity index is 1240. The number of para-hydroxylation sites is 1. The molecule has 2 aromatic carbocycles. The molecule has 140 valence electrons. The summed E-state index contributed by atoms with van der Waals surface area (Å²) >= 11 is 6.83. The van der Waals surface area contributed by atoms with Gasteiger partial charge in [-0.1, -0.05) is 12.1 Å². The summed E-state index contributed by atoms with van der Waals surface area (Å²) in [6.45, 7) is 0.210. The molecule has 4 aromatic rings. The minimum Gasteiger partial charge on any atom is -0.332 e. The number of carbonyl (C=O) groups excluding carboxylic acids is 1. The maximum absolute atomic E-state index is 12.6. The van der Waals surface area contributed by atoms with Crippen molar-refractivity contribution < 1.29 is 4.79 Å². The fourth-order valence-electron chi connectivity index (χ4n) is 2.90. The minimum absolute atomic E-state index is 0.143. The molecule has 0 radical (unpaired) electrons. The highest BCUT2D eigenvalue weighted by Crippen LogP contribution is 2.23. The first-order chi connectivity index (χ1) is 13.6. The quantitative estimate of drug-likeness (QED) is 0.485. The second kappa shape index (κ2) is 7.87. The predicted octanol–water partition coefficient (Wildman–Crippen LogP) is 4.21. The Balaban J connectivity index is 1.44. The van der Waals surface area contributed by atoms with Crippen LogP contribution in [0.5, 0.6) is 0 Å². The number of nitrogens with one attached hydrogen (secondary N) is 2. The molecule has 2 heterocycles. The van der Waals surface area contributed by atoms with Gasteiger partial charge in [0.15, 0.2) is 4.77 Å². The van der Waals surface area contributed by atoms with E-state index in [1.165, 1.54) is 4.57 Å². The lowest BCUT2D eigenvalue weighted by Crippen LogP contribution is -2.25. The molecule has 28 heavy (non-hydrogen) atoms. The summed E-state index contributed by atoms with van der Waals surface area (Å²) in [5, 5.41) is 6.25. The number of H-pyrrole nitrogens is 1. The average molecular weight is 409 g/mol. The first-order valence-corrected chi connectivity index (χ1v) is 9.92. The summed E-state index contributed by atoms with van der Waals surface area (Å²) in [7, 11) is 0. The molecule has 0 bridgehead atoms. The van der Waals surface area contributed by atoms with Crippen molar-refractivity contribution in [3.63, 3.8) is 0 Å². The van der Waals surface area contributed by atoms with Gasteiger partial charge in [-0.05, 0) is 48.6 Å². The van der Waals surface area contributed by atoms with Gasteiger partial charge in [-0.15, -0.1) is 11.3 Å². The number of fused-ring (bicyclic) bond motifs is 1. The summed E-state index contributed by atoms with van der Waals surface area (Å²) in [5.41, 5.74) is 2.20. The second-order valence-corrected chi connectivity index (χ2v) is 7.43. The summed E-state index contributed by atoms with van der Waals surface area (Å²) in [6.07, 6.45) is 1.90. The van der Waals surface area contributed by atoms with Crippen LogP contribution < -0.4 is 10.9 Å². The van der Waals surface area contributed by atoms with Crippen LogP contribution in [0.1, 0.15) is 6.42 Å². The molecule has 6 nitrogen and oxygen atoms in total. The summed E-state index contributed by atoms with van der Waals surface area (Å²) < 4.78 is 1.73. The van der Waals surface area contributed by atoms with E-state index in [1.54, 1.807) is 35.7 Å². The van der Waals surface area contributed by atoms with Gasteiger partial charge in [-0.25, -0.2) is 4.98 Å². The molecule has 0 fully saturated rings. The Kier molecular flexibility index (Phi) is 5.14. The van der Waals surface area contributed by atoms with Gasteiger partial charge in [0.25, 0.3) is 5.56 Å². The molecule has 0 spiro atoms. The molecule has 0 aliphatic rings. The Morgan fingerprint density at radius 2 is 1.96 bits per heavy atom. The highest BCUT2D eigenvalue weighted by atomic mass is 32.1. The Labute approximate surface area is 169 Å². The van der Waals surface area contributed by atoms with Crippen molar-refractivity contribution in [1.29, 1.82) is 0 Å². The van der Waals surface area contributed by atoms with E-state index in [4.69, 9.17) is 12.2 Å². The van der Waals surface area contributed by atoms with Crippen molar-refractivity contribution in [1.82, 2.24) is 14.5 Å². The molecule has 2 N–H and O–H groups in total. The van der Waals surface area contributed by atoms with Crippen LogP contribution in [0, 0.1) is 4.77 Å². The van der Waals surface area contributed by atoms with Crippen molar-refractivity contribution in [2.45, 2.75) is 13.0 Å². The maximum atomic E-state index is 12.6. The molecule has 0 aliphatic carbocycles. The number of amides is 1. The number of carbonyl (C=O) groups is 1. The number of benzene rings is 2. The lowest BCUT2D eigenvalue weighted by molar-refractivity contribution is -0.116. The molecule has 8 heteroatoms. The van der Waals surface area contributed by atoms with Crippen LogP contribution in [-0.4, -0.2) is 20.4 Å². The summed E-state index contributed by atoms with van der Waals surface area (Å²) in [5.74, 6) is -0.184. The molecule has 4 rings (SSSR count). The number of aromatic amines is 1. The zero-order valence-corrected chi connectivity index (χ0v) is 16.3. The number of thiazole rings is 1. The number of anilines is 1. The number of hydrogen-bond acceptors (Lipinski definition) is 5. The third kappa shape index (κ3) is 3.78. The number of hydrogen-bond donors (Lipinski definition) is 2. The standard InChI is InChI=1S/C20H16N4O2S2/c25-17(22-14-7-5-13(6-8-14)18-21-10-12-28-18)9-11-24-19(26)15-3-1-2-4-16(15)23-20(24)27/h1-8,10,12H,9,11H2,(H,22,25)(H,23,27). The lowest BCUT2D eigenvalue weighted by Gasteiger charge is -2.09. The first kappa shape index (κ1) is 18.3. The van der Waals surface area contributed by atoms with Gasteiger partial charge in [-0.3, -0.25) is 14.2 Å². The number of rotatable bonds is 5. The van der Waals surface area contributed by atoms with Gasteiger partial charge >= 0.3 is 0 Å². The monoisotopic (exact) mass is 408 g/mol. The first-order valence-electron chi connectivity index (χ1n) is 8.63. The van der Waals surface area contributed by atoms with Crippen LogP contribution in [0.2, 0.25) is 0 Å². The van der Waals surface area contributed by atoms with Gasteiger partial charge < -0.3 is 10.3 Å². The van der Waals surface area contributed by atoms with E-state index in [9.17, 15) is 9.59 Å². The van der Waals surface area contributed by atoms with Crippen LogP contribution in [0.3, 0.4) is 0 Å². The largest absolute Gasteiger partial charge is 0.332 e. The summed E-state index contributed by atoms with van der Waals surface area (Å²) in [6, 6.07) is 14.7. The van der Waals surface area contributed by atoms with E-state index >= 15 is 0 Å². The maximum Gasteiger partial charge on any atom is 0.262 e. The molecule has 0 aliphatic heterocycles. The van der Waals surface area contributed by atoms with Crippen LogP contribution in [-0.2, 0) is 11.3 Å². The Hall–Kier alpha value is -3.10. The Morgan fingerprint density at radius 1 is 1.18 bits per heavy atom. The van der Waals surface area contributed by atoms with Crippen molar-refractivity contribution in [2.75, 3.05) is 5.32 Å². The van der Waals surface area contributed by atoms with Gasteiger partial charge in [0.1, 0.15) is 5.01 Å². The SMILES string of the molecule is O=C(CCn1c(=S)[nH]c2ccccc2c1=O)Nc1ccc(-c2nccs2)cc1. The zero-order valence-electron chi connectivity index (χ0n) is 14.7. The van der Waals surface area contributed by atoms with Gasteiger partial charge in [-0.2, -0.15) is 0 Å². The minimum atomic E-state index is -0.194. The van der Waals surface area contributed by atoms with E-state index in [-0.39, 0.29) is 24.4 Å². The molecular weight excluding hydrogens is 392 g/mol. The van der Waals surface area contributed by atoms with Crippen LogP contribution in [0.15, 0.2) is 64.9 Å². The fraction of sp³-hybridized carbons (Fsp3) is 0.100. The predicted molar refractivity (Wildman–Crippen MR) is 114 cm³/mol. The third-order valence-corrected chi connectivity index (χ3v) is 5.44. The second-order valence-electron chi connectivity index (χ2n) is 6.15. The van der Waals surface area contributed by atoms with E-state index < -0.39 is 0 Å². The fourth-order valence-corrected chi connectivity index (χ4v) is 3.83. The van der Waals surface area contributed by atoms with Gasteiger partial charge in [0.2, 0.25) is 5.91 Å². The lowest BCUT2D eigenvalue weighted by atomic mass is 10.2. The zero-order chi connectivity index (χ0) is 19.5. The molecule has 0 atom stereocenters. The number of aromatic nitrogens is 3. The van der Waals surface area contributed by atoms with E-state index in [2.05, 4.69) is 15.3 Å². The molecule has 0 saturated heterocycles. The van der Waals surface area contributed by atoms with E-state index in [0.29, 0.717) is 21.4 Å². The van der Waals surface area contributed by atoms with Crippen molar-refractivity contribution >= 4 is 46.1 Å². The molecule has 2 aromatic heterocycles. The highest BCUT2D eigenvalue weighted by molar-refractivity contribution is 7.71. The molecular formula is C20H16N4O2S2. The third-order valence-electron chi connectivity index (χ3n) is 4.30. The summed E-state index contributed by atoms with van der Waals surface area (Å²) in [4.78, 5) is 32.2. The van der Waals surface area contributed by atoms with Gasteiger partial charge in [0.05, 0.1) is 10.9 Å². The van der Waals surface area contributed by atoms with E-state index in [0.717, 1.165) is 10.6 Å². The van der Waals surface area contributed by atoms with Gasteiger partial charge in [0, 0.05) is 35.8 Å². The topological polar surface area (TPSA) is 79.8 Å². The average Bonchev–Trinajstić information content (AvgIpc) is 3.23. The smallest absolute Gasteiger partial charge is 0.262 e. The van der Waals surface area contributed by atoms with Crippen molar-refractivity contribution in [2.24, 2.45) is 0 Å². The van der Waals surface area contributed by atoms with Crippen LogP contribution >= 0.6 is 23.6 Å². The normalized spacial score (nSPS) is 10.9. The highest BCUT2D eigenvalue weighted by Gasteiger charge is 2.09. The molecule has 1 amide bonds. The molecule has 0 saturated carbocycles.